The maximum Gasteiger partial charge on any atom is 0.360 e. The molecule has 0 saturated carbocycles. The van der Waals surface area contributed by atoms with Gasteiger partial charge in [0, 0.05) is 42.3 Å². The molecule has 0 unspecified atom stereocenters. The first-order chi connectivity index (χ1) is 17.5. The van der Waals surface area contributed by atoms with Crippen molar-refractivity contribution in [3.63, 3.8) is 0 Å². The Bertz CT molecular complexity index is 1380. The molecule has 5 rings (SSSR count). The Hall–Kier alpha value is -4.05. The van der Waals surface area contributed by atoms with Gasteiger partial charge in [-0.15, -0.1) is 5.10 Å². The molecular formula is C26H27FN6O3. The Balaban J connectivity index is 1.29. The molecule has 0 spiro atoms. The second kappa shape index (κ2) is 10.3. The van der Waals surface area contributed by atoms with Crippen LogP contribution in [0.5, 0.6) is 0 Å². The fourth-order valence-electron chi connectivity index (χ4n) is 4.79. The summed E-state index contributed by atoms with van der Waals surface area (Å²) in [4.78, 5) is 30.3. The van der Waals surface area contributed by atoms with Crippen molar-refractivity contribution >= 4 is 22.8 Å². The van der Waals surface area contributed by atoms with Gasteiger partial charge in [0.05, 0.1) is 25.4 Å². The van der Waals surface area contributed by atoms with E-state index in [0.29, 0.717) is 31.5 Å². The molecule has 1 aliphatic heterocycles. The predicted octanol–water partition coefficient (Wildman–Crippen LogP) is 2.86. The van der Waals surface area contributed by atoms with Crippen molar-refractivity contribution in [3.05, 3.63) is 83.6 Å². The van der Waals surface area contributed by atoms with Crippen LogP contribution in [0.25, 0.3) is 10.9 Å². The third kappa shape index (κ3) is 4.85. The van der Waals surface area contributed by atoms with Gasteiger partial charge in [0.1, 0.15) is 5.82 Å². The highest BCUT2D eigenvalue weighted by Gasteiger charge is 2.38. The summed E-state index contributed by atoms with van der Waals surface area (Å²) in [7, 11) is 1.28. The lowest BCUT2D eigenvalue weighted by atomic mass is 10.1. The lowest BCUT2D eigenvalue weighted by molar-refractivity contribution is -0.125. The first-order valence-electron chi connectivity index (χ1n) is 11.8. The molecule has 1 aliphatic rings. The molecule has 4 aromatic rings. The van der Waals surface area contributed by atoms with Crippen molar-refractivity contribution in [2.24, 2.45) is 0 Å². The van der Waals surface area contributed by atoms with Gasteiger partial charge in [-0.25, -0.2) is 13.9 Å². The topological polar surface area (TPSA) is 105 Å². The molecule has 3 heterocycles. The molecule has 2 atom stereocenters. The summed E-state index contributed by atoms with van der Waals surface area (Å²) in [6.45, 7) is 1.21. The molecule has 9 nitrogen and oxygen atoms in total. The Morgan fingerprint density at radius 2 is 1.97 bits per heavy atom. The number of H-pyrrole nitrogens is 1. The predicted molar refractivity (Wildman–Crippen MR) is 131 cm³/mol. The third-order valence-electron chi connectivity index (χ3n) is 6.66. The number of benzene rings is 2. The number of amides is 1. The van der Waals surface area contributed by atoms with Crippen molar-refractivity contribution in [3.8, 4) is 0 Å². The molecule has 1 amide bonds. The van der Waals surface area contributed by atoms with Gasteiger partial charge in [-0.3, -0.25) is 9.69 Å². The fourth-order valence-corrected chi connectivity index (χ4v) is 4.79. The zero-order chi connectivity index (χ0) is 25.1. The van der Waals surface area contributed by atoms with Crippen LogP contribution in [0.2, 0.25) is 0 Å². The van der Waals surface area contributed by atoms with Crippen LogP contribution in [0.3, 0.4) is 0 Å². The van der Waals surface area contributed by atoms with E-state index in [1.54, 1.807) is 22.9 Å². The van der Waals surface area contributed by atoms with Crippen molar-refractivity contribution in [2.75, 3.05) is 20.2 Å². The average molecular weight is 491 g/mol. The molecule has 0 aliphatic carbocycles. The number of hydrogen-bond acceptors (Lipinski definition) is 6. The number of para-hydroxylation sites is 1. The largest absolute Gasteiger partial charge is 0.464 e. The summed E-state index contributed by atoms with van der Waals surface area (Å²) in [6, 6.07) is 13.9. The first kappa shape index (κ1) is 23.7. The van der Waals surface area contributed by atoms with E-state index in [9.17, 15) is 14.0 Å². The molecule has 2 aromatic carbocycles. The van der Waals surface area contributed by atoms with Crippen LogP contribution in [0.15, 0.2) is 60.9 Å². The number of hydrogen-bond donors (Lipinski definition) is 2. The highest BCUT2D eigenvalue weighted by atomic mass is 19.1. The van der Waals surface area contributed by atoms with E-state index in [4.69, 9.17) is 4.74 Å². The molecule has 186 valence electrons. The number of carbonyl (C=O) groups is 2. The van der Waals surface area contributed by atoms with E-state index >= 15 is 0 Å². The van der Waals surface area contributed by atoms with E-state index in [1.807, 2.05) is 29.3 Å². The van der Waals surface area contributed by atoms with Gasteiger partial charge in [-0.1, -0.05) is 41.6 Å². The van der Waals surface area contributed by atoms with E-state index in [0.717, 1.165) is 16.5 Å². The Labute approximate surface area is 207 Å². The Kier molecular flexibility index (Phi) is 6.77. The molecule has 1 saturated heterocycles. The van der Waals surface area contributed by atoms with Crippen molar-refractivity contribution in [2.45, 2.75) is 31.5 Å². The normalized spacial score (nSPS) is 17.9. The second-order valence-corrected chi connectivity index (χ2v) is 8.90. The number of methoxy groups -OCH3 is 1. The number of carbonyl (C=O) groups excluding carboxylic acids is 2. The highest BCUT2D eigenvalue weighted by Crippen LogP contribution is 2.29. The lowest BCUT2D eigenvalue weighted by Crippen LogP contribution is -2.43. The minimum absolute atomic E-state index is 0.102. The van der Waals surface area contributed by atoms with Gasteiger partial charge < -0.3 is 15.0 Å². The summed E-state index contributed by atoms with van der Waals surface area (Å²) >= 11 is 0. The second-order valence-electron chi connectivity index (χ2n) is 8.90. The first-order valence-corrected chi connectivity index (χ1v) is 11.8. The van der Waals surface area contributed by atoms with Gasteiger partial charge in [-0.2, -0.15) is 0 Å². The number of nitrogens with zero attached hydrogens (tertiary/aromatic N) is 4. The van der Waals surface area contributed by atoms with Crippen molar-refractivity contribution in [1.82, 2.24) is 30.2 Å². The minimum Gasteiger partial charge on any atom is -0.464 e. The van der Waals surface area contributed by atoms with Gasteiger partial charge >= 0.3 is 5.97 Å². The van der Waals surface area contributed by atoms with Crippen LogP contribution in [-0.2, 0) is 22.5 Å². The SMILES string of the molecule is COC(=O)c1cn([C@@H]2C[C@@H](C(=O)NCCc3c[nH]c4ccccc34)N(Cc3ccccc3F)C2)nn1. The number of aromatic amines is 1. The van der Waals surface area contributed by atoms with Crippen LogP contribution in [0.1, 0.15) is 34.1 Å². The molecule has 1 fully saturated rings. The van der Waals surface area contributed by atoms with Crippen LogP contribution in [0, 0.1) is 5.82 Å². The van der Waals surface area contributed by atoms with Crippen LogP contribution >= 0.6 is 0 Å². The number of ether oxygens (including phenoxy) is 1. The van der Waals surface area contributed by atoms with E-state index in [-0.39, 0.29) is 30.0 Å². The maximum atomic E-state index is 14.4. The molecule has 0 bridgehead atoms. The maximum absolute atomic E-state index is 14.4. The Morgan fingerprint density at radius 3 is 2.81 bits per heavy atom. The van der Waals surface area contributed by atoms with Gasteiger partial charge in [0.2, 0.25) is 5.91 Å². The summed E-state index contributed by atoms with van der Waals surface area (Å²) in [5.74, 6) is -1.01. The number of esters is 1. The number of fused-ring (bicyclic) bond motifs is 1. The molecule has 0 radical (unpaired) electrons. The van der Waals surface area contributed by atoms with E-state index in [2.05, 4.69) is 26.7 Å². The van der Waals surface area contributed by atoms with Crippen molar-refractivity contribution < 1.29 is 18.7 Å². The zero-order valence-corrected chi connectivity index (χ0v) is 19.9. The van der Waals surface area contributed by atoms with Gasteiger partial charge in [0.15, 0.2) is 5.69 Å². The number of nitrogens with one attached hydrogen (secondary N) is 2. The molecule has 10 heteroatoms. The standard InChI is InChI=1S/C26H27FN6O3/c1-36-26(35)23-16-33(31-30-23)19-12-24(32(15-19)14-18-6-2-4-8-21(18)27)25(34)28-11-10-17-13-29-22-9-5-3-7-20(17)22/h2-9,13,16,19,24,29H,10-12,14-15H2,1H3,(H,28,34)/t19-,24+/m1/s1. The number of rotatable bonds is 8. The average Bonchev–Trinajstić information content (AvgIpc) is 3.64. The molecular weight excluding hydrogens is 463 g/mol. The van der Waals surface area contributed by atoms with Crippen molar-refractivity contribution in [1.29, 1.82) is 0 Å². The minimum atomic E-state index is -0.575. The van der Waals surface area contributed by atoms with E-state index < -0.39 is 12.0 Å². The number of aromatic nitrogens is 4. The summed E-state index contributed by atoms with van der Waals surface area (Å²) in [5, 5.41) is 12.2. The Morgan fingerprint density at radius 1 is 1.17 bits per heavy atom. The number of halogens is 1. The molecule has 2 N–H and O–H groups in total. The summed E-state index contributed by atoms with van der Waals surface area (Å²) < 4.78 is 20.7. The highest BCUT2D eigenvalue weighted by molar-refractivity contribution is 5.86. The van der Waals surface area contributed by atoms with Gasteiger partial charge in [0.25, 0.3) is 0 Å². The molecule has 36 heavy (non-hydrogen) atoms. The quantitative estimate of drug-likeness (QED) is 0.368. The van der Waals surface area contributed by atoms with Crippen LogP contribution in [-0.4, -0.2) is 63.0 Å². The van der Waals surface area contributed by atoms with Crippen LogP contribution in [0.4, 0.5) is 4.39 Å². The zero-order valence-electron chi connectivity index (χ0n) is 19.9. The van der Waals surface area contributed by atoms with E-state index in [1.165, 1.54) is 19.4 Å². The third-order valence-corrected chi connectivity index (χ3v) is 6.66. The monoisotopic (exact) mass is 490 g/mol. The summed E-state index contributed by atoms with van der Waals surface area (Å²) in [5.41, 5.74) is 2.82. The molecule has 2 aromatic heterocycles. The van der Waals surface area contributed by atoms with Crippen LogP contribution < -0.4 is 5.32 Å². The number of likely N-dealkylation sites (tertiary alicyclic amines) is 1. The fraction of sp³-hybridized carbons (Fsp3) is 0.308. The lowest BCUT2D eigenvalue weighted by Gasteiger charge is -2.23. The van der Waals surface area contributed by atoms with Gasteiger partial charge in [-0.05, 0) is 30.5 Å². The summed E-state index contributed by atoms with van der Waals surface area (Å²) in [6.07, 6.45) is 4.63. The smallest absolute Gasteiger partial charge is 0.360 e.